The number of sulfonamides is 1. The minimum absolute atomic E-state index is 0.0601. The number of rotatable bonds is 4. The molecule has 5 rings (SSSR count). The summed E-state index contributed by atoms with van der Waals surface area (Å²) in [6.07, 6.45) is 0.480. The highest BCUT2D eigenvalue weighted by atomic mass is 32.2. The van der Waals surface area contributed by atoms with E-state index in [-0.39, 0.29) is 29.1 Å². The summed E-state index contributed by atoms with van der Waals surface area (Å²) in [5.74, 6) is -0.745. The van der Waals surface area contributed by atoms with Crippen molar-refractivity contribution < 1.29 is 27.1 Å². The number of piperidine rings is 1. The molecule has 0 saturated carbocycles. The number of halogens is 1. The molecule has 2 saturated heterocycles. The molecule has 11 heteroatoms. The van der Waals surface area contributed by atoms with Crippen molar-refractivity contribution in [2.75, 3.05) is 49.5 Å². The molecule has 3 heterocycles. The fraction of sp³-hybridized carbons (Fsp3) is 0.462. The van der Waals surface area contributed by atoms with Crippen LogP contribution in [0.1, 0.15) is 25.3 Å². The normalized spacial score (nSPS) is 22.7. The summed E-state index contributed by atoms with van der Waals surface area (Å²) in [5, 5.41) is 2.74. The van der Waals surface area contributed by atoms with Crippen LogP contribution in [0.15, 0.2) is 41.3 Å². The Labute approximate surface area is 216 Å². The lowest BCUT2D eigenvalue weighted by Crippen LogP contribution is -2.53. The summed E-state index contributed by atoms with van der Waals surface area (Å²) in [4.78, 5) is 29.1. The van der Waals surface area contributed by atoms with Gasteiger partial charge in [0.05, 0.1) is 22.2 Å². The zero-order chi connectivity index (χ0) is 26.3. The van der Waals surface area contributed by atoms with Crippen molar-refractivity contribution >= 4 is 33.2 Å². The van der Waals surface area contributed by atoms with Gasteiger partial charge < -0.3 is 19.9 Å². The summed E-state index contributed by atoms with van der Waals surface area (Å²) in [6.45, 7) is 5.68. The molecule has 0 aromatic heterocycles. The number of hydrogen-bond acceptors (Lipinski definition) is 6. The molecule has 1 N–H and O–H groups in total. The van der Waals surface area contributed by atoms with Gasteiger partial charge in [0, 0.05) is 45.3 Å². The van der Waals surface area contributed by atoms with Crippen molar-refractivity contribution in [1.82, 2.24) is 9.21 Å². The van der Waals surface area contributed by atoms with E-state index in [2.05, 4.69) is 5.32 Å². The molecule has 0 bridgehead atoms. The van der Waals surface area contributed by atoms with E-state index >= 15 is 0 Å². The summed E-state index contributed by atoms with van der Waals surface area (Å²) >= 11 is 0. The SMILES string of the molecule is Cc1cc2c(cc1S(=O)(=O)N1CCC[C@H](C(=O)N3CCN(c4ccccc4F)CC3)C1)O[C@H](C)C(=O)N2. The second-order valence-electron chi connectivity index (χ2n) is 9.83. The van der Waals surface area contributed by atoms with E-state index in [0.717, 1.165) is 0 Å². The van der Waals surface area contributed by atoms with E-state index in [1.807, 2.05) is 4.90 Å². The molecule has 2 aromatic rings. The number of benzene rings is 2. The minimum Gasteiger partial charge on any atom is -0.479 e. The van der Waals surface area contributed by atoms with E-state index in [1.54, 1.807) is 43.0 Å². The maximum absolute atomic E-state index is 14.2. The number of carbonyl (C=O) groups excluding carboxylic acids is 2. The molecular formula is C26H31FN4O5S. The highest BCUT2D eigenvalue weighted by molar-refractivity contribution is 7.89. The molecule has 2 amide bonds. The van der Waals surface area contributed by atoms with Gasteiger partial charge in [0.15, 0.2) is 6.10 Å². The van der Waals surface area contributed by atoms with Gasteiger partial charge in [-0.1, -0.05) is 12.1 Å². The van der Waals surface area contributed by atoms with Crippen molar-refractivity contribution in [2.24, 2.45) is 5.92 Å². The Balaban J connectivity index is 1.27. The number of fused-ring (bicyclic) bond motifs is 1. The lowest BCUT2D eigenvalue weighted by Gasteiger charge is -2.39. The third-order valence-corrected chi connectivity index (χ3v) is 9.35. The Bertz CT molecular complexity index is 1330. The quantitative estimate of drug-likeness (QED) is 0.653. The number of para-hydroxylation sites is 1. The number of ether oxygens (including phenoxy) is 1. The molecule has 0 unspecified atom stereocenters. The second-order valence-corrected chi connectivity index (χ2v) is 11.7. The maximum Gasteiger partial charge on any atom is 0.265 e. The maximum atomic E-state index is 14.2. The Morgan fingerprint density at radius 3 is 2.57 bits per heavy atom. The molecule has 2 aromatic carbocycles. The van der Waals surface area contributed by atoms with Crippen LogP contribution >= 0.6 is 0 Å². The van der Waals surface area contributed by atoms with E-state index in [4.69, 9.17) is 4.74 Å². The summed E-state index contributed by atoms with van der Waals surface area (Å²) in [5.41, 5.74) is 1.47. The van der Waals surface area contributed by atoms with Gasteiger partial charge in [-0.15, -0.1) is 0 Å². The first-order chi connectivity index (χ1) is 17.6. The number of carbonyl (C=O) groups is 2. The zero-order valence-electron chi connectivity index (χ0n) is 20.9. The Morgan fingerprint density at radius 1 is 1.11 bits per heavy atom. The monoisotopic (exact) mass is 530 g/mol. The lowest BCUT2D eigenvalue weighted by atomic mass is 9.97. The molecule has 0 spiro atoms. The first kappa shape index (κ1) is 25.5. The molecule has 0 radical (unpaired) electrons. The van der Waals surface area contributed by atoms with Gasteiger partial charge in [0.25, 0.3) is 5.91 Å². The zero-order valence-corrected chi connectivity index (χ0v) is 21.8. The van der Waals surface area contributed by atoms with Crippen molar-refractivity contribution in [3.63, 3.8) is 0 Å². The number of aryl methyl sites for hydroxylation is 1. The van der Waals surface area contributed by atoms with Crippen LogP contribution in [0.2, 0.25) is 0 Å². The standard InChI is InChI=1S/C26H31FN4O5S/c1-17-14-21-23(36-18(2)25(32)28-21)15-24(17)37(34,35)31-9-5-6-19(16-31)26(33)30-12-10-29(11-13-30)22-8-4-3-7-20(22)27/h3-4,7-8,14-15,18-19H,5-6,9-13,16H2,1-2H3,(H,28,32)/t18-,19+/m1/s1. The molecule has 3 aliphatic heterocycles. The van der Waals surface area contributed by atoms with Crippen LogP contribution in [0, 0.1) is 18.7 Å². The largest absolute Gasteiger partial charge is 0.479 e. The number of nitrogens with zero attached hydrogens (tertiary/aromatic N) is 3. The van der Waals surface area contributed by atoms with Gasteiger partial charge in [-0.3, -0.25) is 9.59 Å². The van der Waals surface area contributed by atoms with Crippen LogP contribution in [0.4, 0.5) is 15.8 Å². The third-order valence-electron chi connectivity index (χ3n) is 7.34. The molecule has 37 heavy (non-hydrogen) atoms. The van der Waals surface area contributed by atoms with E-state index in [9.17, 15) is 22.4 Å². The van der Waals surface area contributed by atoms with Crippen molar-refractivity contribution in [1.29, 1.82) is 0 Å². The number of nitrogens with one attached hydrogen (secondary N) is 1. The fourth-order valence-corrected chi connectivity index (χ4v) is 7.00. The average Bonchev–Trinajstić information content (AvgIpc) is 2.89. The highest BCUT2D eigenvalue weighted by Crippen LogP contribution is 2.36. The van der Waals surface area contributed by atoms with E-state index in [0.29, 0.717) is 68.3 Å². The average molecular weight is 531 g/mol. The smallest absolute Gasteiger partial charge is 0.265 e. The minimum atomic E-state index is -3.88. The summed E-state index contributed by atoms with van der Waals surface area (Å²) in [7, 11) is -3.88. The molecule has 2 fully saturated rings. The highest BCUT2D eigenvalue weighted by Gasteiger charge is 2.37. The van der Waals surface area contributed by atoms with Crippen LogP contribution in [-0.2, 0) is 19.6 Å². The molecule has 0 aliphatic carbocycles. The molecule has 198 valence electrons. The third kappa shape index (κ3) is 4.89. The van der Waals surface area contributed by atoms with Crippen LogP contribution in [0.3, 0.4) is 0 Å². The molecule has 9 nitrogen and oxygen atoms in total. The van der Waals surface area contributed by atoms with Crippen molar-refractivity contribution in [3.8, 4) is 5.75 Å². The fourth-order valence-electron chi connectivity index (χ4n) is 5.26. The van der Waals surface area contributed by atoms with Gasteiger partial charge in [0.1, 0.15) is 11.6 Å². The second kappa shape index (κ2) is 9.94. The lowest BCUT2D eigenvalue weighted by molar-refractivity contribution is -0.137. The van der Waals surface area contributed by atoms with Gasteiger partial charge in [-0.25, -0.2) is 12.8 Å². The first-order valence-corrected chi connectivity index (χ1v) is 14.0. The Morgan fingerprint density at radius 2 is 1.84 bits per heavy atom. The first-order valence-electron chi connectivity index (χ1n) is 12.6. The van der Waals surface area contributed by atoms with Crippen LogP contribution < -0.4 is 15.0 Å². The number of hydrogen-bond donors (Lipinski definition) is 1. The summed E-state index contributed by atoms with van der Waals surface area (Å²) in [6, 6.07) is 9.67. The predicted octanol–water partition coefficient (Wildman–Crippen LogP) is 2.60. The molecule has 2 atom stereocenters. The van der Waals surface area contributed by atoms with Crippen molar-refractivity contribution in [2.45, 2.75) is 37.7 Å². The van der Waals surface area contributed by atoms with Crippen LogP contribution in [0.25, 0.3) is 0 Å². The molecular weight excluding hydrogens is 499 g/mol. The van der Waals surface area contributed by atoms with Crippen LogP contribution in [0.5, 0.6) is 5.75 Å². The van der Waals surface area contributed by atoms with Gasteiger partial charge >= 0.3 is 0 Å². The van der Waals surface area contributed by atoms with E-state index in [1.165, 1.54) is 16.4 Å². The molecule has 3 aliphatic rings. The number of anilines is 2. The van der Waals surface area contributed by atoms with Gasteiger partial charge in [-0.2, -0.15) is 4.31 Å². The number of amides is 2. The Kier molecular flexibility index (Phi) is 6.84. The van der Waals surface area contributed by atoms with Crippen LogP contribution in [-0.4, -0.2) is 74.8 Å². The van der Waals surface area contributed by atoms with E-state index < -0.39 is 22.0 Å². The topological polar surface area (TPSA) is 99.3 Å². The number of piperazine rings is 1. The van der Waals surface area contributed by atoms with Crippen molar-refractivity contribution in [3.05, 3.63) is 47.8 Å². The predicted molar refractivity (Wildman–Crippen MR) is 137 cm³/mol. The van der Waals surface area contributed by atoms with Gasteiger partial charge in [-0.05, 0) is 50.5 Å². The Hall–Kier alpha value is -3.18. The van der Waals surface area contributed by atoms with Gasteiger partial charge in [0.2, 0.25) is 15.9 Å². The summed E-state index contributed by atoms with van der Waals surface area (Å²) < 4.78 is 48.4.